The fourth-order valence-corrected chi connectivity index (χ4v) is 5.00. The average molecular weight is 419 g/mol. The number of sulfonamides is 1. The molecular weight excluding hydrogens is 396 g/mol. The van der Waals surface area contributed by atoms with Crippen molar-refractivity contribution in [2.45, 2.75) is 20.4 Å². The molecular formula is C24H22N2O3S. The Kier molecular flexibility index (Phi) is 5.18. The van der Waals surface area contributed by atoms with Crippen LogP contribution in [-0.2, 0) is 16.6 Å². The summed E-state index contributed by atoms with van der Waals surface area (Å²) >= 11 is 0. The Morgan fingerprint density at radius 1 is 0.933 bits per heavy atom. The van der Waals surface area contributed by atoms with Gasteiger partial charge in [0.2, 0.25) is 5.78 Å². The zero-order valence-corrected chi connectivity index (χ0v) is 17.6. The molecule has 0 amide bonds. The van der Waals surface area contributed by atoms with Crippen LogP contribution in [0.3, 0.4) is 0 Å². The molecule has 152 valence electrons. The molecule has 6 heteroatoms. The molecule has 0 aliphatic carbocycles. The van der Waals surface area contributed by atoms with Crippen molar-refractivity contribution in [3.63, 3.8) is 0 Å². The fourth-order valence-electron chi connectivity index (χ4n) is 3.48. The Bertz CT molecular complexity index is 1250. The monoisotopic (exact) mass is 418 g/mol. The van der Waals surface area contributed by atoms with Crippen LogP contribution in [0.25, 0.3) is 0 Å². The quantitative estimate of drug-likeness (QED) is 0.619. The first-order chi connectivity index (χ1) is 14.4. The third kappa shape index (κ3) is 3.62. The molecule has 3 aromatic rings. The van der Waals surface area contributed by atoms with Crippen LogP contribution >= 0.6 is 0 Å². The van der Waals surface area contributed by atoms with E-state index in [1.807, 2.05) is 62.4 Å². The molecule has 0 atom stereocenters. The maximum absolute atomic E-state index is 13.5. The lowest BCUT2D eigenvalue weighted by Crippen LogP contribution is -2.39. The largest absolute Gasteiger partial charge is 0.360 e. The van der Waals surface area contributed by atoms with E-state index in [2.05, 4.69) is 5.32 Å². The van der Waals surface area contributed by atoms with Gasteiger partial charge in [0.25, 0.3) is 10.0 Å². The number of ketones is 1. The molecule has 4 rings (SSSR count). The van der Waals surface area contributed by atoms with E-state index < -0.39 is 15.8 Å². The van der Waals surface area contributed by atoms with Crippen molar-refractivity contribution in [1.82, 2.24) is 0 Å². The van der Waals surface area contributed by atoms with Gasteiger partial charge in [-0.15, -0.1) is 0 Å². The van der Waals surface area contributed by atoms with Crippen LogP contribution < -0.4 is 9.62 Å². The highest BCUT2D eigenvalue weighted by Crippen LogP contribution is 2.36. The number of anilines is 2. The molecule has 0 spiro atoms. The summed E-state index contributed by atoms with van der Waals surface area (Å²) in [4.78, 5) is 12.8. The van der Waals surface area contributed by atoms with Crippen LogP contribution in [0.15, 0.2) is 83.9 Å². The minimum Gasteiger partial charge on any atom is -0.360 e. The Balaban J connectivity index is 1.80. The first-order valence-electron chi connectivity index (χ1n) is 9.62. The summed E-state index contributed by atoms with van der Waals surface area (Å²) in [6.07, 6.45) is 1.31. The summed E-state index contributed by atoms with van der Waals surface area (Å²) in [6, 6.07) is 22.0. The van der Waals surface area contributed by atoms with Gasteiger partial charge in [-0.1, -0.05) is 54.6 Å². The Morgan fingerprint density at radius 3 is 2.40 bits per heavy atom. The topological polar surface area (TPSA) is 66.5 Å². The smallest absolute Gasteiger partial charge is 0.270 e. The van der Waals surface area contributed by atoms with Gasteiger partial charge < -0.3 is 5.32 Å². The molecule has 0 saturated carbocycles. The molecule has 30 heavy (non-hydrogen) atoms. The second-order valence-corrected chi connectivity index (χ2v) is 9.15. The standard InChI is InChI=1S/C24H22N2O3S/c1-17-12-13-18(2)21(14-17)25-15-23-24(27)20-10-6-7-11-22(20)26(30(23,28)29)16-19-8-4-3-5-9-19/h3-15,25H,16H2,1-2H3. The van der Waals surface area contributed by atoms with Gasteiger partial charge in [0.05, 0.1) is 12.2 Å². The second kappa shape index (κ2) is 7.80. The molecule has 1 N–H and O–H groups in total. The summed E-state index contributed by atoms with van der Waals surface area (Å²) in [5.74, 6) is -0.507. The van der Waals surface area contributed by atoms with E-state index in [0.29, 0.717) is 11.3 Å². The first kappa shape index (κ1) is 19.9. The summed E-state index contributed by atoms with van der Waals surface area (Å²) in [5.41, 5.74) is 4.37. The molecule has 1 aliphatic heterocycles. The van der Waals surface area contributed by atoms with Crippen molar-refractivity contribution in [2.24, 2.45) is 0 Å². The predicted octanol–water partition coefficient (Wildman–Crippen LogP) is 4.79. The Labute approximate surface area is 176 Å². The number of para-hydroxylation sites is 1. The molecule has 0 unspecified atom stereocenters. The lowest BCUT2D eigenvalue weighted by Gasteiger charge is -2.31. The van der Waals surface area contributed by atoms with Crippen molar-refractivity contribution in [2.75, 3.05) is 9.62 Å². The van der Waals surface area contributed by atoms with Crippen molar-refractivity contribution in [3.8, 4) is 0 Å². The van der Waals surface area contributed by atoms with Gasteiger partial charge in [-0.3, -0.25) is 9.10 Å². The van der Waals surface area contributed by atoms with E-state index in [4.69, 9.17) is 0 Å². The number of hydrogen-bond donors (Lipinski definition) is 1. The van der Waals surface area contributed by atoms with Gasteiger partial charge >= 0.3 is 0 Å². The van der Waals surface area contributed by atoms with Crippen molar-refractivity contribution in [1.29, 1.82) is 0 Å². The summed E-state index contributed by atoms with van der Waals surface area (Å²) in [5, 5.41) is 3.04. The van der Waals surface area contributed by atoms with Crippen LogP contribution in [0.4, 0.5) is 11.4 Å². The zero-order chi connectivity index (χ0) is 21.3. The molecule has 5 nitrogen and oxygen atoms in total. The highest BCUT2D eigenvalue weighted by molar-refractivity contribution is 7.97. The van der Waals surface area contributed by atoms with Crippen molar-refractivity contribution < 1.29 is 13.2 Å². The average Bonchev–Trinajstić information content (AvgIpc) is 2.74. The molecule has 3 aromatic carbocycles. The van der Waals surface area contributed by atoms with Crippen LogP contribution in [0.2, 0.25) is 0 Å². The normalized spacial score (nSPS) is 16.4. The number of carbonyl (C=O) groups is 1. The maximum atomic E-state index is 13.5. The van der Waals surface area contributed by atoms with Gasteiger partial charge in [-0.25, -0.2) is 8.42 Å². The minimum absolute atomic E-state index is 0.147. The lowest BCUT2D eigenvalue weighted by atomic mass is 10.1. The van der Waals surface area contributed by atoms with Gasteiger partial charge in [0, 0.05) is 17.5 Å². The molecule has 1 heterocycles. The highest BCUT2D eigenvalue weighted by Gasteiger charge is 2.40. The number of nitrogens with zero attached hydrogens (tertiary/aromatic N) is 1. The molecule has 0 saturated heterocycles. The summed E-state index contributed by atoms with van der Waals surface area (Å²) < 4.78 is 28.2. The van der Waals surface area contributed by atoms with Crippen LogP contribution in [0, 0.1) is 13.8 Å². The number of carbonyl (C=O) groups excluding carboxylic acids is 1. The molecule has 0 fully saturated rings. The van der Waals surface area contributed by atoms with Gasteiger partial charge in [-0.05, 0) is 48.7 Å². The summed E-state index contributed by atoms with van der Waals surface area (Å²) in [6.45, 7) is 4.03. The van der Waals surface area contributed by atoms with Gasteiger partial charge in [0.15, 0.2) is 4.91 Å². The Morgan fingerprint density at radius 2 is 1.63 bits per heavy atom. The number of aryl methyl sites for hydroxylation is 2. The molecule has 0 aromatic heterocycles. The number of rotatable bonds is 4. The number of hydrogen-bond acceptors (Lipinski definition) is 4. The maximum Gasteiger partial charge on any atom is 0.270 e. The van der Waals surface area contributed by atoms with Gasteiger partial charge in [0.1, 0.15) is 0 Å². The van der Waals surface area contributed by atoms with Gasteiger partial charge in [-0.2, -0.15) is 0 Å². The second-order valence-electron chi connectivity index (χ2n) is 7.31. The predicted molar refractivity (Wildman–Crippen MR) is 120 cm³/mol. The first-order valence-corrected chi connectivity index (χ1v) is 11.1. The number of nitrogens with one attached hydrogen (secondary N) is 1. The van der Waals surface area contributed by atoms with Crippen molar-refractivity contribution in [3.05, 3.63) is 106 Å². The van der Waals surface area contributed by atoms with Crippen molar-refractivity contribution >= 4 is 27.2 Å². The summed E-state index contributed by atoms with van der Waals surface area (Å²) in [7, 11) is -4.04. The molecule has 0 radical (unpaired) electrons. The number of fused-ring (bicyclic) bond motifs is 1. The fraction of sp³-hybridized carbons (Fsp3) is 0.125. The Hall–Kier alpha value is -3.38. The van der Waals surface area contributed by atoms with E-state index >= 15 is 0 Å². The van der Waals surface area contributed by atoms with E-state index in [1.54, 1.807) is 24.3 Å². The lowest BCUT2D eigenvalue weighted by molar-refractivity contribution is 0.104. The van der Waals surface area contributed by atoms with E-state index in [1.165, 1.54) is 10.5 Å². The van der Waals surface area contributed by atoms with E-state index in [0.717, 1.165) is 22.4 Å². The molecule has 1 aliphatic rings. The van der Waals surface area contributed by atoms with Crippen LogP contribution in [0.1, 0.15) is 27.0 Å². The van der Waals surface area contributed by atoms with Crippen LogP contribution in [-0.4, -0.2) is 14.2 Å². The highest BCUT2D eigenvalue weighted by atomic mass is 32.2. The van der Waals surface area contributed by atoms with E-state index in [9.17, 15) is 13.2 Å². The number of benzene rings is 3. The number of allylic oxidation sites excluding steroid dienone is 1. The van der Waals surface area contributed by atoms with Crippen LogP contribution in [0.5, 0.6) is 0 Å². The third-order valence-electron chi connectivity index (χ3n) is 5.13. The number of Topliss-reactive ketones (excluding diaryl/α,β-unsaturated/α-hetero) is 1. The SMILES string of the molecule is Cc1ccc(C)c(NC=C2C(=O)c3ccccc3N(Cc3ccccc3)S2(=O)=O)c1. The minimum atomic E-state index is -4.04. The zero-order valence-electron chi connectivity index (χ0n) is 16.8. The van der Waals surface area contributed by atoms with E-state index in [-0.39, 0.29) is 11.4 Å². The molecule has 0 bridgehead atoms. The third-order valence-corrected chi connectivity index (χ3v) is 6.90.